The topological polar surface area (TPSA) is 77.1 Å². The van der Waals surface area contributed by atoms with E-state index < -0.39 is 6.04 Å². The van der Waals surface area contributed by atoms with Gasteiger partial charge >= 0.3 is 0 Å². The summed E-state index contributed by atoms with van der Waals surface area (Å²) in [6.07, 6.45) is 4.77. The molecular formula is C27H36N2O5. The summed E-state index contributed by atoms with van der Waals surface area (Å²) in [6, 6.07) is 12.8. The number of carbonyl (C=O) groups is 2. The lowest BCUT2D eigenvalue weighted by Crippen LogP contribution is -2.52. The minimum Gasteiger partial charge on any atom is -0.496 e. The Labute approximate surface area is 202 Å². The summed E-state index contributed by atoms with van der Waals surface area (Å²) in [5.74, 6) is 1.25. The fraction of sp³-hybridized carbons (Fsp3) is 0.481. The third-order valence-corrected chi connectivity index (χ3v) is 6.25. The van der Waals surface area contributed by atoms with Crippen molar-refractivity contribution in [3.63, 3.8) is 0 Å². The van der Waals surface area contributed by atoms with Crippen LogP contribution in [-0.4, -0.2) is 49.6 Å². The second kappa shape index (κ2) is 12.3. The highest BCUT2D eigenvalue weighted by Gasteiger charge is 2.30. The number of carbonyl (C=O) groups excluding carboxylic acids is 2. The highest BCUT2D eigenvalue weighted by atomic mass is 16.5. The number of methoxy groups -OCH3 is 2. The molecule has 0 saturated heterocycles. The van der Waals surface area contributed by atoms with E-state index >= 15 is 0 Å². The Morgan fingerprint density at radius 3 is 2.15 bits per heavy atom. The van der Waals surface area contributed by atoms with Crippen LogP contribution in [0.2, 0.25) is 0 Å². The number of nitrogens with zero attached hydrogens (tertiary/aromatic N) is 1. The first-order chi connectivity index (χ1) is 16.4. The number of rotatable bonds is 11. The molecule has 2 aromatic carbocycles. The standard InChI is InChI=1S/C27H36N2O5/c1-5-25(27(31)28-21-8-6-7-9-21)29(17-20-12-10-19(2)11-13-20)26(30)18-34-24-15-22(32-3)14-23(16-24)33-4/h10-16,21,25H,5-9,17-18H2,1-4H3,(H,28,31). The predicted molar refractivity (Wildman–Crippen MR) is 131 cm³/mol. The fourth-order valence-electron chi connectivity index (χ4n) is 4.27. The van der Waals surface area contributed by atoms with Gasteiger partial charge in [0.15, 0.2) is 6.61 Å². The van der Waals surface area contributed by atoms with Crippen LogP contribution < -0.4 is 19.5 Å². The number of nitrogens with one attached hydrogen (secondary N) is 1. The molecule has 1 aliphatic rings. The van der Waals surface area contributed by atoms with Crippen LogP contribution in [0.15, 0.2) is 42.5 Å². The van der Waals surface area contributed by atoms with Crippen molar-refractivity contribution >= 4 is 11.8 Å². The number of benzene rings is 2. The minimum atomic E-state index is -0.571. The van der Waals surface area contributed by atoms with Crippen LogP contribution in [0.5, 0.6) is 17.2 Å². The van der Waals surface area contributed by atoms with Crippen molar-refractivity contribution in [2.24, 2.45) is 0 Å². The molecule has 3 rings (SSSR count). The van der Waals surface area contributed by atoms with Crippen LogP contribution in [0.4, 0.5) is 0 Å². The molecule has 7 nitrogen and oxygen atoms in total. The average Bonchev–Trinajstić information content (AvgIpc) is 3.36. The lowest BCUT2D eigenvalue weighted by Gasteiger charge is -2.31. The van der Waals surface area contributed by atoms with Gasteiger partial charge < -0.3 is 24.4 Å². The molecule has 1 N–H and O–H groups in total. The number of aryl methyl sites for hydroxylation is 1. The Morgan fingerprint density at radius 1 is 1.00 bits per heavy atom. The molecule has 0 aliphatic heterocycles. The van der Waals surface area contributed by atoms with Crippen molar-refractivity contribution in [1.29, 1.82) is 0 Å². The van der Waals surface area contributed by atoms with Crippen LogP contribution in [0, 0.1) is 6.92 Å². The summed E-state index contributed by atoms with van der Waals surface area (Å²) in [7, 11) is 3.11. The normalized spacial score (nSPS) is 14.4. The Bertz CT molecular complexity index is 932. The van der Waals surface area contributed by atoms with Gasteiger partial charge in [-0.15, -0.1) is 0 Å². The third-order valence-electron chi connectivity index (χ3n) is 6.25. The van der Waals surface area contributed by atoms with E-state index in [2.05, 4.69) is 5.32 Å². The SMILES string of the molecule is CCC(C(=O)NC1CCCC1)N(Cc1ccc(C)cc1)C(=O)COc1cc(OC)cc(OC)c1. The lowest BCUT2D eigenvalue weighted by molar-refractivity contribution is -0.143. The molecule has 0 heterocycles. The van der Waals surface area contributed by atoms with Crippen molar-refractivity contribution < 1.29 is 23.8 Å². The molecule has 1 fully saturated rings. The summed E-state index contributed by atoms with van der Waals surface area (Å²) in [5, 5.41) is 3.16. The van der Waals surface area contributed by atoms with Gasteiger partial charge in [-0.1, -0.05) is 49.6 Å². The molecule has 1 unspecified atom stereocenters. The maximum Gasteiger partial charge on any atom is 0.261 e. The molecule has 2 amide bonds. The third kappa shape index (κ3) is 6.89. The molecule has 0 bridgehead atoms. The quantitative estimate of drug-likeness (QED) is 0.533. The minimum absolute atomic E-state index is 0.0992. The van der Waals surface area contributed by atoms with Crippen molar-refractivity contribution in [2.45, 2.75) is 64.6 Å². The van der Waals surface area contributed by atoms with E-state index in [1.165, 1.54) is 0 Å². The van der Waals surface area contributed by atoms with Crippen LogP contribution in [0.25, 0.3) is 0 Å². The number of hydrogen-bond donors (Lipinski definition) is 1. The first-order valence-electron chi connectivity index (χ1n) is 11.9. The van der Waals surface area contributed by atoms with E-state index in [4.69, 9.17) is 14.2 Å². The Balaban J connectivity index is 1.77. The van der Waals surface area contributed by atoms with Gasteiger partial charge in [0.05, 0.1) is 14.2 Å². The Morgan fingerprint density at radius 2 is 1.59 bits per heavy atom. The molecule has 184 valence electrons. The van der Waals surface area contributed by atoms with Gasteiger partial charge in [0, 0.05) is 30.8 Å². The highest BCUT2D eigenvalue weighted by molar-refractivity contribution is 5.88. The van der Waals surface area contributed by atoms with Crippen molar-refractivity contribution in [3.8, 4) is 17.2 Å². The summed E-state index contributed by atoms with van der Waals surface area (Å²) >= 11 is 0. The zero-order chi connectivity index (χ0) is 24.5. The van der Waals surface area contributed by atoms with E-state index in [1.807, 2.05) is 38.1 Å². The largest absolute Gasteiger partial charge is 0.496 e. The molecule has 2 aromatic rings. The lowest BCUT2D eigenvalue weighted by atomic mass is 10.1. The maximum absolute atomic E-state index is 13.4. The zero-order valence-corrected chi connectivity index (χ0v) is 20.6. The van der Waals surface area contributed by atoms with Crippen molar-refractivity contribution in [2.75, 3.05) is 20.8 Å². The molecule has 34 heavy (non-hydrogen) atoms. The summed E-state index contributed by atoms with van der Waals surface area (Å²) in [5.41, 5.74) is 2.11. The predicted octanol–water partition coefficient (Wildman–Crippen LogP) is 4.26. The molecule has 1 atom stereocenters. The van der Waals surface area contributed by atoms with Crippen LogP contribution in [0.1, 0.15) is 50.2 Å². The Kier molecular flexibility index (Phi) is 9.19. The first-order valence-corrected chi connectivity index (χ1v) is 11.9. The zero-order valence-electron chi connectivity index (χ0n) is 20.6. The van der Waals surface area contributed by atoms with E-state index in [0.29, 0.717) is 30.2 Å². The van der Waals surface area contributed by atoms with Gasteiger partial charge in [-0.3, -0.25) is 9.59 Å². The van der Waals surface area contributed by atoms with E-state index in [1.54, 1.807) is 37.3 Å². The first kappa shape index (κ1) is 25.4. The van der Waals surface area contributed by atoms with Crippen molar-refractivity contribution in [1.82, 2.24) is 10.2 Å². The molecule has 0 aromatic heterocycles. The smallest absolute Gasteiger partial charge is 0.261 e. The Hall–Kier alpha value is -3.22. The van der Waals surface area contributed by atoms with Gasteiger partial charge in [0.2, 0.25) is 5.91 Å². The average molecular weight is 469 g/mol. The van der Waals surface area contributed by atoms with Gasteiger partial charge in [-0.2, -0.15) is 0 Å². The monoisotopic (exact) mass is 468 g/mol. The van der Waals surface area contributed by atoms with E-state index in [0.717, 1.165) is 36.8 Å². The molecule has 0 spiro atoms. The van der Waals surface area contributed by atoms with Crippen molar-refractivity contribution in [3.05, 3.63) is 53.6 Å². The second-order valence-corrected chi connectivity index (χ2v) is 8.76. The molecule has 0 radical (unpaired) electrons. The van der Waals surface area contributed by atoms with Gasteiger partial charge in [-0.25, -0.2) is 0 Å². The number of amides is 2. The molecule has 7 heteroatoms. The maximum atomic E-state index is 13.4. The van der Waals surface area contributed by atoms with Crippen LogP contribution in [0.3, 0.4) is 0 Å². The van der Waals surface area contributed by atoms with Crippen LogP contribution >= 0.6 is 0 Å². The number of hydrogen-bond acceptors (Lipinski definition) is 5. The summed E-state index contributed by atoms with van der Waals surface area (Å²) in [4.78, 5) is 28.2. The molecular weight excluding hydrogens is 432 g/mol. The summed E-state index contributed by atoms with van der Waals surface area (Å²) in [6.45, 7) is 4.09. The highest BCUT2D eigenvalue weighted by Crippen LogP contribution is 2.27. The van der Waals surface area contributed by atoms with E-state index in [9.17, 15) is 9.59 Å². The fourth-order valence-corrected chi connectivity index (χ4v) is 4.27. The van der Waals surface area contributed by atoms with Gasteiger partial charge in [0.25, 0.3) is 5.91 Å². The molecule has 1 aliphatic carbocycles. The number of ether oxygens (including phenoxy) is 3. The summed E-state index contributed by atoms with van der Waals surface area (Å²) < 4.78 is 16.4. The van der Waals surface area contributed by atoms with Gasteiger partial charge in [0.1, 0.15) is 23.3 Å². The van der Waals surface area contributed by atoms with E-state index in [-0.39, 0.29) is 24.5 Å². The molecule has 1 saturated carbocycles. The van der Waals surface area contributed by atoms with Crippen LogP contribution in [-0.2, 0) is 16.1 Å². The van der Waals surface area contributed by atoms with Gasteiger partial charge in [-0.05, 0) is 31.7 Å². The second-order valence-electron chi connectivity index (χ2n) is 8.76.